The molecule has 1 aromatic carbocycles. The van der Waals surface area contributed by atoms with Gasteiger partial charge in [-0.1, -0.05) is 42.4 Å². The molecular weight excluding hydrogens is 316 g/mol. The van der Waals surface area contributed by atoms with Gasteiger partial charge < -0.3 is 14.5 Å². The van der Waals surface area contributed by atoms with Gasteiger partial charge in [-0.3, -0.25) is 4.79 Å². The number of piperidine rings is 1. The third-order valence-corrected chi connectivity index (χ3v) is 5.01. The molecule has 2 heterocycles. The van der Waals surface area contributed by atoms with E-state index in [0.717, 1.165) is 31.2 Å². The number of hydrogen-bond donors (Lipinski definition) is 1. The number of hydrogen-bond acceptors (Lipinski definition) is 4. The molecule has 1 aromatic heterocycles. The monoisotopic (exact) mass is 342 g/mol. The Morgan fingerprint density at radius 3 is 2.72 bits per heavy atom. The van der Waals surface area contributed by atoms with Crippen LogP contribution in [-0.4, -0.2) is 40.3 Å². The van der Waals surface area contributed by atoms with Gasteiger partial charge in [0.15, 0.2) is 0 Å². The molecule has 1 aliphatic rings. The molecule has 1 aliphatic heterocycles. The maximum atomic E-state index is 12.7. The fourth-order valence-electron chi connectivity index (χ4n) is 3.53. The molecule has 1 atom stereocenters. The minimum atomic E-state index is -0.356. The lowest BCUT2D eigenvalue weighted by atomic mass is 9.87. The van der Waals surface area contributed by atoms with Crippen LogP contribution >= 0.6 is 0 Å². The molecule has 1 fully saturated rings. The van der Waals surface area contributed by atoms with Crippen molar-refractivity contribution >= 4 is 5.91 Å². The molecule has 2 aromatic rings. The highest BCUT2D eigenvalue weighted by Crippen LogP contribution is 2.25. The summed E-state index contributed by atoms with van der Waals surface area (Å²) in [6.45, 7) is 3.40. The van der Waals surface area contributed by atoms with Gasteiger partial charge in [0.05, 0.1) is 12.3 Å². The van der Waals surface area contributed by atoms with Gasteiger partial charge in [-0.25, -0.2) is 0 Å². The Kier molecular flexibility index (Phi) is 5.87. The van der Waals surface area contributed by atoms with Crippen LogP contribution in [0.1, 0.15) is 47.9 Å². The summed E-state index contributed by atoms with van der Waals surface area (Å²) in [6.07, 6.45) is 5.15. The summed E-state index contributed by atoms with van der Waals surface area (Å²) < 4.78 is 5.21. The smallest absolute Gasteiger partial charge is 0.259 e. The lowest BCUT2D eigenvalue weighted by Gasteiger charge is -2.34. The highest BCUT2D eigenvalue weighted by molar-refractivity contribution is 5.94. The number of aliphatic hydroxyl groups is 1. The van der Waals surface area contributed by atoms with E-state index < -0.39 is 0 Å². The number of rotatable bonds is 6. The Balaban J connectivity index is 1.54. The highest BCUT2D eigenvalue weighted by atomic mass is 16.5. The minimum Gasteiger partial charge on any atom is -0.392 e. The van der Waals surface area contributed by atoms with Gasteiger partial charge in [0.2, 0.25) is 0 Å². The van der Waals surface area contributed by atoms with E-state index >= 15 is 0 Å². The van der Waals surface area contributed by atoms with E-state index in [1.807, 2.05) is 35.2 Å². The van der Waals surface area contributed by atoms with Crippen molar-refractivity contribution in [2.45, 2.75) is 45.1 Å². The van der Waals surface area contributed by atoms with E-state index in [9.17, 15) is 9.90 Å². The number of likely N-dealkylation sites (tertiary alicyclic amines) is 1. The first-order valence-electron chi connectivity index (χ1n) is 9.13. The summed E-state index contributed by atoms with van der Waals surface area (Å²) in [6, 6.07) is 10.1. The van der Waals surface area contributed by atoms with Crippen LogP contribution in [-0.2, 0) is 12.8 Å². The molecule has 1 amide bonds. The maximum absolute atomic E-state index is 12.7. The molecule has 0 bridgehead atoms. The second-order valence-electron chi connectivity index (χ2n) is 6.80. The Hall–Kier alpha value is -2.14. The average Bonchev–Trinajstić information content (AvgIpc) is 3.11. The minimum absolute atomic E-state index is 0.000647. The van der Waals surface area contributed by atoms with Gasteiger partial charge in [0.25, 0.3) is 5.91 Å². The topological polar surface area (TPSA) is 66.6 Å². The van der Waals surface area contributed by atoms with E-state index in [0.29, 0.717) is 30.8 Å². The summed E-state index contributed by atoms with van der Waals surface area (Å²) >= 11 is 0. The first-order chi connectivity index (χ1) is 12.2. The van der Waals surface area contributed by atoms with Crippen LogP contribution in [0.4, 0.5) is 0 Å². The first-order valence-corrected chi connectivity index (χ1v) is 9.13. The number of benzene rings is 1. The van der Waals surface area contributed by atoms with Crippen LogP contribution in [0.3, 0.4) is 0 Å². The molecule has 5 nitrogen and oxygen atoms in total. The lowest BCUT2D eigenvalue weighted by molar-refractivity contribution is 0.0466. The summed E-state index contributed by atoms with van der Waals surface area (Å²) in [4.78, 5) is 14.5. The largest absolute Gasteiger partial charge is 0.392 e. The van der Waals surface area contributed by atoms with E-state index in [4.69, 9.17) is 4.52 Å². The van der Waals surface area contributed by atoms with Crippen molar-refractivity contribution in [2.75, 3.05) is 13.1 Å². The molecule has 0 radical (unpaired) electrons. The van der Waals surface area contributed by atoms with Gasteiger partial charge >= 0.3 is 0 Å². The molecule has 1 N–H and O–H groups in total. The molecule has 5 heteroatoms. The molecule has 1 unspecified atom stereocenters. The number of carbonyl (C=O) groups is 1. The second kappa shape index (κ2) is 8.30. The van der Waals surface area contributed by atoms with Crippen molar-refractivity contribution in [1.29, 1.82) is 0 Å². The van der Waals surface area contributed by atoms with E-state index in [2.05, 4.69) is 12.1 Å². The van der Waals surface area contributed by atoms with E-state index in [-0.39, 0.29) is 17.9 Å². The molecule has 25 heavy (non-hydrogen) atoms. The van der Waals surface area contributed by atoms with Crippen LogP contribution in [0, 0.1) is 5.92 Å². The van der Waals surface area contributed by atoms with Gasteiger partial charge in [0, 0.05) is 19.5 Å². The van der Waals surface area contributed by atoms with Crippen molar-refractivity contribution in [1.82, 2.24) is 10.1 Å². The van der Waals surface area contributed by atoms with Crippen LogP contribution in [0.2, 0.25) is 0 Å². The predicted molar refractivity (Wildman–Crippen MR) is 95.3 cm³/mol. The summed E-state index contributed by atoms with van der Waals surface area (Å²) in [5.41, 5.74) is 1.74. The molecule has 1 saturated heterocycles. The van der Waals surface area contributed by atoms with Crippen LogP contribution in [0.15, 0.2) is 41.1 Å². The highest BCUT2D eigenvalue weighted by Gasteiger charge is 2.29. The zero-order valence-corrected chi connectivity index (χ0v) is 14.7. The fraction of sp³-hybridized carbons (Fsp3) is 0.500. The van der Waals surface area contributed by atoms with Gasteiger partial charge in [-0.2, -0.15) is 0 Å². The number of aromatic nitrogens is 1. The predicted octanol–water partition coefficient (Wildman–Crippen LogP) is 3.08. The third-order valence-electron chi connectivity index (χ3n) is 5.01. The van der Waals surface area contributed by atoms with Crippen molar-refractivity contribution in [2.24, 2.45) is 5.92 Å². The van der Waals surface area contributed by atoms with Gasteiger partial charge in [-0.15, -0.1) is 0 Å². The Morgan fingerprint density at radius 1 is 1.32 bits per heavy atom. The Morgan fingerprint density at radius 2 is 2.04 bits per heavy atom. The normalized spacial score (nSPS) is 16.8. The van der Waals surface area contributed by atoms with Crippen LogP contribution in [0.25, 0.3) is 0 Å². The zero-order valence-electron chi connectivity index (χ0n) is 14.7. The average molecular weight is 342 g/mol. The zero-order chi connectivity index (χ0) is 17.6. The van der Waals surface area contributed by atoms with Gasteiger partial charge in [-0.05, 0) is 37.2 Å². The van der Waals surface area contributed by atoms with Crippen molar-refractivity contribution in [3.63, 3.8) is 0 Å². The summed E-state index contributed by atoms with van der Waals surface area (Å²) in [7, 11) is 0. The van der Waals surface area contributed by atoms with Crippen LogP contribution in [0.5, 0.6) is 0 Å². The summed E-state index contributed by atoms with van der Waals surface area (Å²) in [5.74, 6) is 0.918. The molecule has 134 valence electrons. The van der Waals surface area contributed by atoms with Crippen LogP contribution < -0.4 is 0 Å². The van der Waals surface area contributed by atoms with Crippen molar-refractivity contribution in [3.05, 3.63) is 53.4 Å². The molecular formula is C20H26N2O3. The van der Waals surface area contributed by atoms with Crippen molar-refractivity contribution in [3.8, 4) is 0 Å². The molecule has 0 aliphatic carbocycles. The lowest BCUT2D eigenvalue weighted by Crippen LogP contribution is -2.41. The number of carbonyl (C=O) groups excluding carboxylic acids is 1. The van der Waals surface area contributed by atoms with Crippen molar-refractivity contribution < 1.29 is 14.4 Å². The first kappa shape index (κ1) is 17.7. The number of nitrogens with zero attached hydrogens (tertiary/aromatic N) is 2. The second-order valence-corrected chi connectivity index (χ2v) is 6.80. The number of aryl methyl sites for hydroxylation is 1. The maximum Gasteiger partial charge on any atom is 0.259 e. The number of aliphatic hydroxyl groups excluding tert-OH is 1. The summed E-state index contributed by atoms with van der Waals surface area (Å²) in [5, 5.41) is 14.3. The molecule has 0 saturated carbocycles. The Labute approximate surface area is 148 Å². The Bertz CT molecular complexity index is 675. The van der Waals surface area contributed by atoms with E-state index in [1.54, 1.807) is 0 Å². The van der Waals surface area contributed by atoms with Gasteiger partial charge in [0.1, 0.15) is 11.3 Å². The number of amides is 1. The third kappa shape index (κ3) is 4.28. The van der Waals surface area contributed by atoms with E-state index in [1.165, 1.54) is 6.20 Å². The standard InChI is InChI=1S/C20H26N2O3/c1-2-6-19-17(14-21-25-19)20(24)22-11-9-16(10-12-22)18(23)13-15-7-4-3-5-8-15/h3-5,7-8,14,16,18,23H,2,6,9-13H2,1H3. The fourth-order valence-corrected chi connectivity index (χ4v) is 3.53. The quantitative estimate of drug-likeness (QED) is 0.876. The molecule has 3 rings (SSSR count). The molecule has 0 spiro atoms. The SMILES string of the molecule is CCCc1oncc1C(=O)N1CCC(C(O)Cc2ccccc2)CC1.